The number of hydrogen-bond donors (Lipinski definition) is 2. The fourth-order valence-corrected chi connectivity index (χ4v) is 2.11. The monoisotopic (exact) mass is 256 g/mol. The first kappa shape index (κ1) is 13.1. The van der Waals surface area contributed by atoms with Crippen LogP contribution in [0.3, 0.4) is 0 Å². The number of urea groups is 1. The normalized spacial score (nSPS) is 22.8. The number of carbonyl (C=O) groups is 2. The van der Waals surface area contributed by atoms with Gasteiger partial charge >= 0.3 is 12.0 Å². The van der Waals surface area contributed by atoms with Crippen molar-refractivity contribution >= 4 is 12.0 Å². The highest BCUT2D eigenvalue weighted by Gasteiger charge is 2.28. The summed E-state index contributed by atoms with van der Waals surface area (Å²) in [6.45, 7) is 1.54. The number of carbonyl (C=O) groups excluding carboxylic acids is 1. The number of nitrogens with one attached hydrogen (secondary N) is 1. The smallest absolute Gasteiger partial charge is 0.323 e. The molecule has 1 aliphatic heterocycles. The molecule has 2 amide bonds. The quantitative estimate of drug-likeness (QED) is 0.732. The maximum Gasteiger partial charge on any atom is 0.323 e. The fraction of sp³-hybridized carbons (Fsp3) is 0.833. The Labute approximate surface area is 106 Å². The zero-order valence-corrected chi connectivity index (χ0v) is 10.4. The van der Waals surface area contributed by atoms with Crippen LogP contribution in [0.4, 0.5) is 4.79 Å². The van der Waals surface area contributed by atoms with Gasteiger partial charge in [0.15, 0.2) is 0 Å². The molecule has 1 atom stereocenters. The van der Waals surface area contributed by atoms with E-state index in [1.54, 1.807) is 0 Å². The van der Waals surface area contributed by atoms with Crippen LogP contribution in [0.25, 0.3) is 0 Å². The molecule has 1 aliphatic carbocycles. The summed E-state index contributed by atoms with van der Waals surface area (Å²) < 4.78 is 5.41. The molecule has 1 heterocycles. The maximum absolute atomic E-state index is 11.9. The van der Waals surface area contributed by atoms with Crippen LogP contribution >= 0.6 is 0 Å². The van der Waals surface area contributed by atoms with E-state index in [2.05, 4.69) is 5.32 Å². The van der Waals surface area contributed by atoms with Crippen LogP contribution in [-0.4, -0.2) is 54.4 Å². The van der Waals surface area contributed by atoms with E-state index in [9.17, 15) is 9.59 Å². The minimum absolute atomic E-state index is 0.0848. The molecule has 0 spiro atoms. The minimum atomic E-state index is -0.970. The molecule has 0 radical (unpaired) electrons. The van der Waals surface area contributed by atoms with Crippen LogP contribution in [0, 0.1) is 5.92 Å². The lowest BCUT2D eigenvalue weighted by Gasteiger charge is -2.22. The lowest BCUT2D eigenvalue weighted by molar-refractivity contribution is -0.137. The Morgan fingerprint density at radius 3 is 2.67 bits per heavy atom. The van der Waals surface area contributed by atoms with Crippen LogP contribution in [0.5, 0.6) is 0 Å². The summed E-state index contributed by atoms with van der Waals surface area (Å²) in [6, 6.07) is -0.292. The van der Waals surface area contributed by atoms with Crippen LogP contribution in [0.1, 0.15) is 25.7 Å². The van der Waals surface area contributed by atoms with Gasteiger partial charge < -0.3 is 20.1 Å². The van der Waals surface area contributed by atoms with E-state index < -0.39 is 5.97 Å². The van der Waals surface area contributed by atoms with Crippen molar-refractivity contribution in [3.8, 4) is 0 Å². The van der Waals surface area contributed by atoms with Gasteiger partial charge in [-0.25, -0.2) is 4.79 Å². The molecule has 2 fully saturated rings. The van der Waals surface area contributed by atoms with Crippen LogP contribution in [0.15, 0.2) is 0 Å². The van der Waals surface area contributed by atoms with Crippen molar-refractivity contribution in [3.63, 3.8) is 0 Å². The first-order valence-electron chi connectivity index (χ1n) is 6.51. The highest BCUT2D eigenvalue weighted by molar-refractivity contribution is 5.80. The summed E-state index contributed by atoms with van der Waals surface area (Å²) in [5.74, 6) is -0.485. The van der Waals surface area contributed by atoms with Crippen LogP contribution in [-0.2, 0) is 9.53 Å². The second kappa shape index (κ2) is 6.04. The van der Waals surface area contributed by atoms with Crippen molar-refractivity contribution in [2.24, 2.45) is 5.92 Å². The summed E-state index contributed by atoms with van der Waals surface area (Å²) in [5, 5.41) is 11.6. The highest BCUT2D eigenvalue weighted by atomic mass is 16.5. The number of amides is 2. The Balaban J connectivity index is 1.75. The Morgan fingerprint density at radius 2 is 2.11 bits per heavy atom. The Kier molecular flexibility index (Phi) is 4.41. The molecular formula is C12H20N2O4. The molecule has 0 aromatic carbocycles. The molecule has 102 valence electrons. The van der Waals surface area contributed by atoms with Gasteiger partial charge in [-0.05, 0) is 31.6 Å². The number of nitrogens with zero attached hydrogens (tertiary/aromatic N) is 1. The molecule has 2 N–H and O–H groups in total. The fourth-order valence-electron chi connectivity index (χ4n) is 2.11. The summed E-state index contributed by atoms with van der Waals surface area (Å²) >= 11 is 0. The van der Waals surface area contributed by atoms with Crippen molar-refractivity contribution in [1.29, 1.82) is 0 Å². The minimum Gasteiger partial charge on any atom is -0.480 e. The second-order valence-corrected chi connectivity index (χ2v) is 5.04. The highest BCUT2D eigenvalue weighted by Crippen LogP contribution is 2.29. The lowest BCUT2D eigenvalue weighted by atomic mass is 10.2. The molecule has 0 aromatic rings. The molecule has 1 saturated heterocycles. The third-order valence-corrected chi connectivity index (χ3v) is 3.29. The molecule has 2 rings (SSSR count). The van der Waals surface area contributed by atoms with E-state index in [-0.39, 0.29) is 18.7 Å². The standard InChI is InChI=1S/C12H20N2O4/c15-11(16)8-14(7-9-3-4-9)12(17)13-6-10-2-1-5-18-10/h9-10H,1-8H2,(H,13,17)(H,15,16). The van der Waals surface area contributed by atoms with Gasteiger partial charge in [-0.15, -0.1) is 0 Å². The molecule has 6 heteroatoms. The third kappa shape index (κ3) is 4.18. The number of carboxylic acids is 1. The first-order valence-corrected chi connectivity index (χ1v) is 6.51. The maximum atomic E-state index is 11.9. The average molecular weight is 256 g/mol. The van der Waals surface area contributed by atoms with Gasteiger partial charge in [-0.2, -0.15) is 0 Å². The van der Waals surface area contributed by atoms with E-state index >= 15 is 0 Å². The average Bonchev–Trinajstić information content (AvgIpc) is 2.98. The zero-order valence-electron chi connectivity index (χ0n) is 10.4. The van der Waals surface area contributed by atoms with Gasteiger partial charge in [-0.1, -0.05) is 0 Å². The molecule has 1 saturated carbocycles. The van der Waals surface area contributed by atoms with E-state index in [4.69, 9.17) is 9.84 Å². The van der Waals surface area contributed by atoms with Gasteiger partial charge in [0, 0.05) is 19.7 Å². The van der Waals surface area contributed by atoms with Crippen molar-refractivity contribution in [2.45, 2.75) is 31.8 Å². The molecule has 1 unspecified atom stereocenters. The number of hydrogen-bond acceptors (Lipinski definition) is 3. The van der Waals surface area contributed by atoms with E-state index in [1.165, 1.54) is 4.90 Å². The van der Waals surface area contributed by atoms with Crippen molar-refractivity contribution < 1.29 is 19.4 Å². The van der Waals surface area contributed by atoms with Gasteiger partial charge in [0.2, 0.25) is 0 Å². The summed E-state index contributed by atoms with van der Waals surface area (Å²) in [4.78, 5) is 24.0. The predicted octanol–water partition coefficient (Wildman–Crippen LogP) is 0.672. The Morgan fingerprint density at radius 1 is 1.33 bits per heavy atom. The SMILES string of the molecule is O=C(O)CN(CC1CC1)C(=O)NCC1CCCO1. The van der Waals surface area contributed by atoms with Gasteiger partial charge in [0.1, 0.15) is 6.54 Å². The van der Waals surface area contributed by atoms with Crippen molar-refractivity contribution in [2.75, 3.05) is 26.2 Å². The van der Waals surface area contributed by atoms with Gasteiger partial charge in [-0.3, -0.25) is 4.79 Å². The van der Waals surface area contributed by atoms with Gasteiger partial charge in [0.25, 0.3) is 0 Å². The number of ether oxygens (including phenoxy) is 1. The van der Waals surface area contributed by atoms with E-state index in [1.807, 2.05) is 0 Å². The molecule has 18 heavy (non-hydrogen) atoms. The summed E-state index contributed by atoms with van der Waals surface area (Å²) in [5.41, 5.74) is 0. The van der Waals surface area contributed by atoms with Crippen molar-refractivity contribution in [3.05, 3.63) is 0 Å². The lowest BCUT2D eigenvalue weighted by Crippen LogP contribution is -2.45. The van der Waals surface area contributed by atoms with Crippen molar-refractivity contribution in [1.82, 2.24) is 10.2 Å². The van der Waals surface area contributed by atoms with E-state index in [0.29, 0.717) is 19.0 Å². The van der Waals surface area contributed by atoms with E-state index in [0.717, 1.165) is 32.3 Å². The summed E-state index contributed by atoms with van der Waals surface area (Å²) in [7, 11) is 0. The second-order valence-electron chi connectivity index (χ2n) is 5.04. The summed E-state index contributed by atoms with van der Waals surface area (Å²) in [6.07, 6.45) is 4.26. The van der Waals surface area contributed by atoms with Crippen LogP contribution in [0.2, 0.25) is 0 Å². The zero-order chi connectivity index (χ0) is 13.0. The molecule has 0 aromatic heterocycles. The third-order valence-electron chi connectivity index (χ3n) is 3.29. The van der Waals surface area contributed by atoms with Crippen LogP contribution < -0.4 is 5.32 Å². The first-order chi connectivity index (χ1) is 8.65. The Bertz CT molecular complexity index is 311. The number of rotatable bonds is 6. The largest absolute Gasteiger partial charge is 0.480 e. The molecular weight excluding hydrogens is 236 g/mol. The van der Waals surface area contributed by atoms with Gasteiger partial charge in [0.05, 0.1) is 6.10 Å². The number of carboxylic acid groups (broad SMARTS) is 1. The topological polar surface area (TPSA) is 78.9 Å². The predicted molar refractivity (Wildman–Crippen MR) is 64.3 cm³/mol. The number of aliphatic carboxylic acids is 1. The molecule has 6 nitrogen and oxygen atoms in total. The molecule has 0 bridgehead atoms. The molecule has 2 aliphatic rings. The Hall–Kier alpha value is -1.30.